The molecular weight excluding hydrogens is 311 g/mol. The van der Waals surface area contributed by atoms with Gasteiger partial charge in [-0.15, -0.1) is 0 Å². The SMILES string of the molecule is CCOC(=O)C1CCCN(Cc2c(Cl)cc(C)nc2Cl)C1. The molecule has 116 valence electrons. The van der Waals surface area contributed by atoms with E-state index in [0.29, 0.717) is 29.9 Å². The highest BCUT2D eigenvalue weighted by Crippen LogP contribution is 2.27. The lowest BCUT2D eigenvalue weighted by Crippen LogP contribution is -2.39. The third-order valence-electron chi connectivity index (χ3n) is 3.65. The van der Waals surface area contributed by atoms with Crippen LogP contribution in [0.2, 0.25) is 10.2 Å². The predicted molar refractivity (Wildman–Crippen MR) is 83.6 cm³/mol. The molecule has 21 heavy (non-hydrogen) atoms. The molecule has 2 rings (SSSR count). The van der Waals surface area contributed by atoms with Gasteiger partial charge >= 0.3 is 5.97 Å². The van der Waals surface area contributed by atoms with E-state index >= 15 is 0 Å². The summed E-state index contributed by atoms with van der Waals surface area (Å²) in [5.41, 5.74) is 1.63. The molecule has 1 fully saturated rings. The third kappa shape index (κ3) is 4.31. The minimum atomic E-state index is -0.110. The normalized spacial score (nSPS) is 19.5. The quantitative estimate of drug-likeness (QED) is 0.626. The molecule has 0 aromatic carbocycles. The van der Waals surface area contributed by atoms with E-state index in [2.05, 4.69) is 9.88 Å². The molecule has 1 aromatic heterocycles. The summed E-state index contributed by atoms with van der Waals surface area (Å²) < 4.78 is 5.11. The van der Waals surface area contributed by atoms with Crippen LogP contribution in [0.1, 0.15) is 31.0 Å². The van der Waals surface area contributed by atoms with Crippen LogP contribution >= 0.6 is 23.2 Å². The number of aromatic nitrogens is 1. The molecule has 0 amide bonds. The highest BCUT2D eigenvalue weighted by atomic mass is 35.5. The minimum Gasteiger partial charge on any atom is -0.466 e. The second-order valence-electron chi connectivity index (χ2n) is 5.34. The molecular formula is C15H20Cl2N2O2. The fourth-order valence-electron chi connectivity index (χ4n) is 2.64. The molecule has 0 radical (unpaired) electrons. The molecule has 0 spiro atoms. The summed E-state index contributed by atoms with van der Waals surface area (Å²) in [6, 6.07) is 1.82. The zero-order valence-electron chi connectivity index (χ0n) is 12.4. The Balaban J connectivity index is 2.04. The Hall–Kier alpha value is -0.840. The van der Waals surface area contributed by atoms with Crippen LogP contribution in [0.15, 0.2) is 6.07 Å². The Kier molecular flexibility index (Phi) is 5.85. The molecule has 1 aliphatic heterocycles. The van der Waals surface area contributed by atoms with E-state index in [-0.39, 0.29) is 11.9 Å². The summed E-state index contributed by atoms with van der Waals surface area (Å²) in [5, 5.41) is 1.07. The van der Waals surface area contributed by atoms with Crippen molar-refractivity contribution < 1.29 is 9.53 Å². The van der Waals surface area contributed by atoms with E-state index in [9.17, 15) is 4.79 Å². The lowest BCUT2D eigenvalue weighted by molar-refractivity contribution is -0.150. The highest BCUT2D eigenvalue weighted by Gasteiger charge is 2.27. The fourth-order valence-corrected chi connectivity index (χ4v) is 3.29. The van der Waals surface area contributed by atoms with E-state index in [4.69, 9.17) is 27.9 Å². The molecule has 0 bridgehead atoms. The average molecular weight is 331 g/mol. The number of nitrogens with zero attached hydrogens (tertiary/aromatic N) is 2. The van der Waals surface area contributed by atoms with Crippen LogP contribution in [0.4, 0.5) is 0 Å². The van der Waals surface area contributed by atoms with Gasteiger partial charge in [-0.05, 0) is 39.3 Å². The number of carbonyl (C=O) groups is 1. The van der Waals surface area contributed by atoms with Gasteiger partial charge in [-0.3, -0.25) is 9.69 Å². The van der Waals surface area contributed by atoms with Crippen molar-refractivity contribution in [2.45, 2.75) is 33.2 Å². The topological polar surface area (TPSA) is 42.4 Å². The summed E-state index contributed by atoms with van der Waals surface area (Å²) in [7, 11) is 0. The lowest BCUT2D eigenvalue weighted by atomic mass is 9.98. The van der Waals surface area contributed by atoms with Crippen molar-refractivity contribution in [3.63, 3.8) is 0 Å². The van der Waals surface area contributed by atoms with Crippen molar-refractivity contribution in [3.8, 4) is 0 Å². The first-order valence-corrected chi connectivity index (χ1v) is 7.97. The van der Waals surface area contributed by atoms with E-state index < -0.39 is 0 Å². The summed E-state index contributed by atoms with van der Waals surface area (Å²) in [4.78, 5) is 18.3. The summed E-state index contributed by atoms with van der Waals surface area (Å²) in [6.45, 7) is 6.33. The highest BCUT2D eigenvalue weighted by molar-refractivity contribution is 6.35. The number of piperidine rings is 1. The van der Waals surface area contributed by atoms with Gasteiger partial charge in [0.05, 0.1) is 12.5 Å². The van der Waals surface area contributed by atoms with Crippen molar-refractivity contribution in [1.82, 2.24) is 9.88 Å². The van der Waals surface area contributed by atoms with Gasteiger partial charge in [0.15, 0.2) is 0 Å². The standard InChI is InChI=1S/C15H20Cl2N2O2/c1-3-21-15(20)11-5-4-6-19(8-11)9-12-13(16)7-10(2)18-14(12)17/h7,11H,3-6,8-9H2,1-2H3. The third-order valence-corrected chi connectivity index (χ3v) is 4.30. The van der Waals surface area contributed by atoms with E-state index in [0.717, 1.165) is 30.6 Å². The molecule has 1 atom stereocenters. The van der Waals surface area contributed by atoms with E-state index in [1.54, 1.807) is 0 Å². The van der Waals surface area contributed by atoms with Crippen molar-refractivity contribution in [1.29, 1.82) is 0 Å². The van der Waals surface area contributed by atoms with Gasteiger partial charge < -0.3 is 4.74 Å². The maximum Gasteiger partial charge on any atom is 0.310 e. The first-order valence-electron chi connectivity index (χ1n) is 7.21. The van der Waals surface area contributed by atoms with Crippen LogP contribution in [0.3, 0.4) is 0 Å². The number of ether oxygens (including phenoxy) is 1. The Labute approximate surface area is 135 Å². The second kappa shape index (κ2) is 7.43. The van der Waals surface area contributed by atoms with Gasteiger partial charge in [-0.2, -0.15) is 0 Å². The number of hydrogen-bond acceptors (Lipinski definition) is 4. The number of halogens is 2. The summed E-state index contributed by atoms with van der Waals surface area (Å²) in [5.74, 6) is -0.170. The van der Waals surface area contributed by atoms with E-state index in [1.807, 2.05) is 19.9 Å². The monoisotopic (exact) mass is 330 g/mol. The van der Waals surface area contributed by atoms with Crippen LogP contribution in [0, 0.1) is 12.8 Å². The van der Waals surface area contributed by atoms with Crippen LogP contribution in [-0.2, 0) is 16.1 Å². The molecule has 0 N–H and O–H groups in total. The Morgan fingerprint density at radius 2 is 2.29 bits per heavy atom. The minimum absolute atomic E-state index is 0.0605. The number of rotatable bonds is 4. The largest absolute Gasteiger partial charge is 0.466 e. The van der Waals surface area contributed by atoms with Gasteiger partial charge in [0.1, 0.15) is 5.15 Å². The summed E-state index contributed by atoms with van der Waals surface area (Å²) >= 11 is 12.4. The van der Waals surface area contributed by atoms with Gasteiger partial charge in [0, 0.05) is 29.4 Å². The van der Waals surface area contributed by atoms with Crippen molar-refractivity contribution in [3.05, 3.63) is 27.5 Å². The number of likely N-dealkylation sites (tertiary alicyclic amines) is 1. The lowest BCUT2D eigenvalue weighted by Gasteiger charge is -2.31. The molecule has 1 aromatic rings. The van der Waals surface area contributed by atoms with Gasteiger partial charge in [-0.25, -0.2) is 4.98 Å². The number of esters is 1. The van der Waals surface area contributed by atoms with Crippen molar-refractivity contribution >= 4 is 29.2 Å². The first-order chi connectivity index (χ1) is 10.0. The van der Waals surface area contributed by atoms with Crippen LogP contribution < -0.4 is 0 Å². The van der Waals surface area contributed by atoms with Crippen LogP contribution in [0.5, 0.6) is 0 Å². The first kappa shape index (κ1) is 16.5. The molecule has 0 saturated carbocycles. The Morgan fingerprint density at radius 3 is 2.95 bits per heavy atom. The molecule has 6 heteroatoms. The Morgan fingerprint density at radius 1 is 1.52 bits per heavy atom. The zero-order valence-corrected chi connectivity index (χ0v) is 13.9. The Bertz CT molecular complexity index is 499. The number of aryl methyl sites for hydroxylation is 1. The van der Waals surface area contributed by atoms with Crippen LogP contribution in [0.25, 0.3) is 0 Å². The fraction of sp³-hybridized carbons (Fsp3) is 0.600. The second-order valence-corrected chi connectivity index (χ2v) is 6.11. The average Bonchev–Trinajstić information content (AvgIpc) is 2.43. The van der Waals surface area contributed by atoms with Gasteiger partial charge in [-0.1, -0.05) is 23.2 Å². The molecule has 4 nitrogen and oxygen atoms in total. The van der Waals surface area contributed by atoms with E-state index in [1.165, 1.54) is 0 Å². The number of hydrogen-bond donors (Lipinski definition) is 0. The smallest absolute Gasteiger partial charge is 0.310 e. The molecule has 1 aliphatic rings. The van der Waals surface area contributed by atoms with Gasteiger partial charge in [0.2, 0.25) is 0 Å². The predicted octanol–water partition coefficient (Wildman–Crippen LogP) is 3.47. The van der Waals surface area contributed by atoms with Gasteiger partial charge in [0.25, 0.3) is 0 Å². The number of carbonyl (C=O) groups excluding carboxylic acids is 1. The maximum absolute atomic E-state index is 11.9. The zero-order chi connectivity index (χ0) is 15.4. The number of pyridine rings is 1. The van der Waals surface area contributed by atoms with Crippen molar-refractivity contribution in [2.24, 2.45) is 5.92 Å². The van der Waals surface area contributed by atoms with Crippen LogP contribution in [-0.4, -0.2) is 35.5 Å². The molecule has 1 saturated heterocycles. The maximum atomic E-state index is 11.9. The molecule has 0 aliphatic carbocycles. The van der Waals surface area contributed by atoms with Crippen molar-refractivity contribution in [2.75, 3.05) is 19.7 Å². The molecule has 2 heterocycles. The molecule has 1 unspecified atom stereocenters. The summed E-state index contributed by atoms with van der Waals surface area (Å²) in [6.07, 6.45) is 1.85.